The Morgan fingerprint density at radius 1 is 0.490 bits per heavy atom. The number of carbonyl (C=O) groups excluding carboxylic acids is 3. The number of nitrogens with zero attached hydrogens (tertiary/aromatic N) is 12. The van der Waals surface area contributed by atoms with Crippen LogP contribution in [0.4, 0.5) is 0 Å². The number of halogens is 2. The van der Waals surface area contributed by atoms with Crippen LogP contribution in [0.25, 0.3) is 20.9 Å². The molecule has 15 atom stereocenters. The molecular weight excluding hydrogens is 1590 g/mol. The number of ether oxygens (including phenoxy) is 3. The minimum Gasteiger partial charge on any atom is -0.481 e. The summed E-state index contributed by atoms with van der Waals surface area (Å²) in [5, 5.41) is 59.4. The van der Waals surface area contributed by atoms with Gasteiger partial charge in [0.05, 0.1) is 77.9 Å². The predicted molar refractivity (Wildman–Crippen MR) is 452 cm³/mol. The molecule has 0 aliphatic heterocycles. The molecular formula is C62H105Cl2N14O15P11. The average molecular weight is 1700 g/mol. The van der Waals surface area contributed by atoms with E-state index in [2.05, 4.69) is 127 Å². The summed E-state index contributed by atoms with van der Waals surface area (Å²) >= 11 is 5.71. The third kappa shape index (κ3) is 57.6. The van der Waals surface area contributed by atoms with Crippen molar-refractivity contribution >= 4 is 157 Å². The van der Waals surface area contributed by atoms with Crippen LogP contribution in [-0.2, 0) is 120 Å². The minimum absolute atomic E-state index is 0. The number of methoxy groups -OCH3 is 3. The fraction of sp³-hybridized carbons (Fsp3) is 0.419. The van der Waals surface area contributed by atoms with Gasteiger partial charge in [-0.25, -0.2) is 0 Å². The van der Waals surface area contributed by atoms with Crippen LogP contribution in [0.1, 0.15) is 103 Å². The number of azide groups is 2. The number of pyridine rings is 6. The van der Waals surface area contributed by atoms with Crippen molar-refractivity contribution in [2.24, 2.45) is 45.4 Å². The Morgan fingerprint density at radius 2 is 0.702 bits per heavy atom. The van der Waals surface area contributed by atoms with Crippen molar-refractivity contribution in [1.82, 2.24) is 29.9 Å². The third-order valence-corrected chi connectivity index (χ3v) is 12.7. The number of rotatable bonds is 26. The number of hydrogen-bond acceptors (Lipinski definition) is 22. The predicted octanol–water partition coefficient (Wildman–Crippen LogP) is 11.5. The largest absolute Gasteiger partial charge is 0.481 e. The lowest BCUT2D eigenvalue weighted by Gasteiger charge is -2.08. The van der Waals surface area contributed by atoms with Gasteiger partial charge in [0.2, 0.25) is 0 Å². The van der Waals surface area contributed by atoms with Gasteiger partial charge in [0.25, 0.3) is 0 Å². The van der Waals surface area contributed by atoms with Crippen LogP contribution in [0.2, 0.25) is 0 Å². The molecule has 0 aliphatic carbocycles. The Bertz CT molecular complexity index is 3310. The Morgan fingerprint density at radius 3 is 0.913 bits per heavy atom. The molecule has 42 heteroatoms. The van der Waals surface area contributed by atoms with Crippen molar-refractivity contribution < 1.29 is 73.6 Å². The zero-order valence-corrected chi connectivity index (χ0v) is 72.8. The summed E-state index contributed by atoms with van der Waals surface area (Å²) < 4.78 is 13.9. The molecule has 0 saturated carbocycles. The molecule has 10 N–H and O–H groups in total. The van der Waals surface area contributed by atoms with Gasteiger partial charge in [-0.2, -0.15) is 19.8 Å². The molecule has 9 unspecified atom stereocenters. The van der Waals surface area contributed by atoms with Crippen LogP contribution in [0.3, 0.4) is 0 Å². The van der Waals surface area contributed by atoms with Crippen LogP contribution >= 0.6 is 121 Å². The highest BCUT2D eigenvalue weighted by molar-refractivity contribution is 8.65. The van der Waals surface area contributed by atoms with E-state index < -0.39 is 35.9 Å². The first-order valence-corrected chi connectivity index (χ1v) is 43.6. The summed E-state index contributed by atoms with van der Waals surface area (Å²) in [6.45, 7) is 7.53. The lowest BCUT2D eigenvalue weighted by atomic mass is 10.0. The Balaban J connectivity index is -0.000000210. The number of hydrogen-bond donors (Lipinski definition) is 8. The summed E-state index contributed by atoms with van der Waals surface area (Å²) in [4.78, 5) is 95.0. The first-order chi connectivity index (χ1) is 47.5. The number of nitrogens with two attached hydrogens (primary N) is 2. The quantitative estimate of drug-likeness (QED) is 0.00475. The summed E-state index contributed by atoms with van der Waals surface area (Å²) in [7, 11) is 22.8. The van der Waals surface area contributed by atoms with Crippen molar-refractivity contribution in [3.8, 4) is 0 Å². The van der Waals surface area contributed by atoms with Gasteiger partial charge in [-0.05, 0) is 124 Å². The summed E-state index contributed by atoms with van der Waals surface area (Å²) in [6.07, 6.45) is 11.9. The van der Waals surface area contributed by atoms with Crippen LogP contribution in [0.5, 0.6) is 0 Å². The smallest absolute Gasteiger partial charge is 0.320 e. The van der Waals surface area contributed by atoms with Crippen LogP contribution in [0, 0.1) is 23.7 Å². The van der Waals surface area contributed by atoms with E-state index >= 15 is 0 Å². The zero-order valence-electron chi connectivity index (χ0n) is 58.4. The van der Waals surface area contributed by atoms with E-state index in [1.807, 2.05) is 25.1 Å². The Hall–Kier alpha value is -4.55. The number of esters is 3. The number of aliphatic hydroxyl groups excluding tert-OH is 3. The molecule has 6 heterocycles. The van der Waals surface area contributed by atoms with Crippen LogP contribution in [0.15, 0.2) is 120 Å². The fourth-order valence-corrected chi connectivity index (χ4v) is 7.63. The van der Waals surface area contributed by atoms with Gasteiger partial charge in [0.15, 0.2) is 0 Å². The van der Waals surface area contributed by atoms with Gasteiger partial charge < -0.3 is 56.3 Å². The van der Waals surface area contributed by atoms with Crippen molar-refractivity contribution in [3.05, 3.63) is 198 Å². The zero-order chi connectivity index (χ0) is 76.5. The van der Waals surface area contributed by atoms with Crippen LogP contribution < -0.4 is 11.5 Å². The van der Waals surface area contributed by atoms with Gasteiger partial charge in [-0.1, -0.05) is 53.3 Å². The van der Waals surface area contributed by atoms with Crippen molar-refractivity contribution in [1.29, 1.82) is 0 Å². The lowest BCUT2D eigenvalue weighted by Crippen LogP contribution is -2.32. The molecule has 0 bridgehead atoms. The van der Waals surface area contributed by atoms with Crippen molar-refractivity contribution in [2.75, 3.05) is 21.3 Å². The van der Waals surface area contributed by atoms with E-state index in [0.29, 0.717) is 60.8 Å². The number of carboxylic acids is 3. The Labute approximate surface area is 646 Å². The van der Waals surface area contributed by atoms with E-state index in [0.717, 1.165) is 52.9 Å². The van der Waals surface area contributed by atoms with E-state index in [1.54, 1.807) is 100 Å². The molecule has 0 aliphatic rings. The van der Waals surface area contributed by atoms with Gasteiger partial charge in [-0.15, -0.1) is 86.5 Å². The molecule has 29 nitrogen and oxygen atoms in total. The maximum Gasteiger partial charge on any atom is 0.320 e. The number of carboxylic acid groups (broad SMARTS) is 3. The first-order valence-electron chi connectivity index (χ1n) is 29.6. The second kappa shape index (κ2) is 71.4. The van der Waals surface area contributed by atoms with Crippen LogP contribution in [-0.4, -0.2) is 130 Å². The molecule has 0 radical (unpaired) electrons. The number of alkyl halides is 1. The molecule has 6 aromatic rings. The molecule has 6 aromatic heterocycles. The SMILES string of the molecule is C.COC(=O)[C@@H](C)Cc1cc(CCl)ccn1.COC(=O)[C@@H](C)Cc1cc(CN=[N+]=[N-])ccn1.COC(=O)[C@@H](C)Cc1cc(CO)ccn1.C[C@@H](Cc1cc(CO)ccn1)C(=O)O.Cl.N[C@@H](Cc1cc(CO)ccn1)C(=O)O.P.P.PP.PP(P)P.PPP.[N-]=[N+]=NCc1ccnc(C[C@H](N)C(=O)O)c1. The minimum atomic E-state index is -1.07. The molecule has 0 aromatic carbocycles. The van der Waals surface area contributed by atoms with E-state index in [-0.39, 0.29) is 121 Å². The normalized spacial score (nSPS) is 11.1. The second-order valence-corrected chi connectivity index (χ2v) is 36.8. The molecule has 104 heavy (non-hydrogen) atoms. The maximum absolute atomic E-state index is 11.3. The molecule has 582 valence electrons. The second-order valence-electron chi connectivity index (χ2n) is 20.6. The molecule has 0 saturated heterocycles. The Kier molecular flexibility index (Phi) is 77.4. The maximum atomic E-state index is 11.3. The van der Waals surface area contributed by atoms with Gasteiger partial charge in [-0.3, -0.25) is 58.7 Å². The van der Waals surface area contributed by atoms with E-state index in [9.17, 15) is 28.8 Å². The summed E-state index contributed by atoms with van der Waals surface area (Å²) in [5.74, 6) is -4.28. The van der Waals surface area contributed by atoms with E-state index in [1.165, 1.54) is 33.7 Å². The highest BCUT2D eigenvalue weighted by atomic mass is 35.5. The fourth-order valence-electron chi connectivity index (χ4n) is 7.46. The number of aliphatic carboxylic acids is 3. The molecule has 0 spiro atoms. The number of aromatic nitrogens is 6. The van der Waals surface area contributed by atoms with Crippen molar-refractivity contribution in [2.45, 2.75) is 125 Å². The molecule has 0 amide bonds. The highest BCUT2D eigenvalue weighted by Crippen LogP contribution is 2.59. The first kappa shape index (κ1) is 113. The lowest BCUT2D eigenvalue weighted by molar-refractivity contribution is -0.145. The van der Waals surface area contributed by atoms with Crippen molar-refractivity contribution in [3.63, 3.8) is 0 Å². The van der Waals surface area contributed by atoms with Gasteiger partial charge in [0.1, 0.15) is 12.1 Å². The standard InChI is InChI=1S/C11H14ClNO2.C11H14N4O2.C11H15NO3.C10H13NO3.C9H11N5O2.C9H12N2O3.CH4.ClH.H6P4.H5P3.H4P2.2H3P/c1-8(11(14)15-2)5-10-6-9(7-12)3-4-13-10;1-8(11(16)17-2)5-10-6-9(3-4-13-10)7-14-15-12;1-8(11(14)15-2)5-10-6-9(7-13)3-4-12-10;1-7(10(13)14)4-9-5-8(6-12)2-3-11-9;10-8(9(15)16)4-7-3-6(1-2-12-7)5-13-14-11;10-8(9(13)14)4-7-3-6(5-12)1-2-11-7;;;1-4(2)3;1-3-2;1-2;;/h3-4,6,8H,5,7H2,1-2H3;3-4,6,8H,5,7H2,1-2H3;3-4,6,8,13H,5,7H2,1-2H3;2-3,5,7,12H,4,6H2,1H3,(H,13,14);1-3,8H,4-5,10H2,(H,15,16);1-3,8,12H,4-5,10H2,(H,13,14);1H4;1H;1-3H2;3H,1-2H2;1-2H2;2*1H3/t3*8-;7-;2*8-;;;;;;;/m000000......./s1. The topological polar surface area (TPSA) is 478 Å². The molecule has 6 rings (SSSR count). The monoisotopic (exact) mass is 1700 g/mol. The summed E-state index contributed by atoms with van der Waals surface area (Å²) in [5.41, 5.74) is 36.3. The number of aliphatic hydroxyl groups is 3. The van der Waals surface area contributed by atoms with Gasteiger partial charge >= 0.3 is 35.8 Å². The average Bonchev–Trinajstić information content (AvgIpc) is 0.955. The summed E-state index contributed by atoms with van der Waals surface area (Å²) in [6, 6.07) is 19.1. The van der Waals surface area contributed by atoms with E-state index in [4.69, 9.17) is 64.8 Å². The molecule has 0 fully saturated rings. The third-order valence-electron chi connectivity index (χ3n) is 12.4. The van der Waals surface area contributed by atoms with Gasteiger partial charge in [0, 0.05) is 126 Å². The number of carbonyl (C=O) groups is 6. The highest BCUT2D eigenvalue weighted by Gasteiger charge is 2.18.